The third-order valence-corrected chi connectivity index (χ3v) is 5.00. The minimum Gasteiger partial charge on any atom is -0.497 e. The number of benzene rings is 1. The summed E-state index contributed by atoms with van der Waals surface area (Å²) >= 11 is 0. The van der Waals surface area contributed by atoms with Gasteiger partial charge in [0.2, 0.25) is 0 Å². The molecule has 0 bridgehead atoms. The van der Waals surface area contributed by atoms with Crippen molar-refractivity contribution in [2.45, 2.75) is 43.5 Å². The largest absolute Gasteiger partial charge is 0.497 e. The third-order valence-electron chi connectivity index (χ3n) is 5.00. The second-order valence-corrected chi connectivity index (χ2v) is 7.43. The zero-order valence-electron chi connectivity index (χ0n) is 17.0. The highest BCUT2D eigenvalue weighted by molar-refractivity contribution is 5.83. The van der Waals surface area contributed by atoms with E-state index in [0.717, 1.165) is 37.1 Å². The molecule has 1 aromatic rings. The molecule has 4 atom stereocenters. The Morgan fingerprint density at radius 2 is 1.76 bits per heavy atom. The van der Waals surface area contributed by atoms with E-state index in [-0.39, 0.29) is 0 Å². The summed E-state index contributed by atoms with van der Waals surface area (Å²) in [5, 5.41) is 43.7. The summed E-state index contributed by atoms with van der Waals surface area (Å²) in [4.78, 5) is 21.7. The van der Waals surface area contributed by atoms with Gasteiger partial charge >= 0.3 is 11.9 Å². The number of aliphatic hydroxyl groups excluding tert-OH is 2. The van der Waals surface area contributed by atoms with Gasteiger partial charge in [-0.3, -0.25) is 0 Å². The molecule has 1 saturated carbocycles. The lowest BCUT2D eigenvalue weighted by Gasteiger charge is -2.41. The Balaban J connectivity index is 0.000000359. The Hall–Kier alpha value is -2.20. The molecule has 0 saturated heterocycles. The van der Waals surface area contributed by atoms with Crippen molar-refractivity contribution in [3.63, 3.8) is 0 Å². The van der Waals surface area contributed by atoms with Gasteiger partial charge in [0, 0.05) is 12.5 Å². The fraction of sp³-hybridized carbons (Fsp3) is 0.600. The van der Waals surface area contributed by atoms with E-state index >= 15 is 0 Å². The van der Waals surface area contributed by atoms with E-state index in [2.05, 4.69) is 19.0 Å². The van der Waals surface area contributed by atoms with Gasteiger partial charge in [0.1, 0.15) is 5.75 Å². The van der Waals surface area contributed by atoms with Gasteiger partial charge in [-0.1, -0.05) is 25.0 Å². The Kier molecular flexibility index (Phi) is 9.51. The van der Waals surface area contributed by atoms with Crippen LogP contribution in [0.5, 0.6) is 5.75 Å². The average molecular weight is 413 g/mol. The van der Waals surface area contributed by atoms with Crippen molar-refractivity contribution in [2.75, 3.05) is 27.7 Å². The van der Waals surface area contributed by atoms with Crippen LogP contribution in [0.3, 0.4) is 0 Å². The number of methoxy groups -OCH3 is 1. The summed E-state index contributed by atoms with van der Waals surface area (Å²) in [6, 6.07) is 7.90. The van der Waals surface area contributed by atoms with Crippen molar-refractivity contribution in [1.29, 1.82) is 0 Å². The molecule has 0 radical (unpaired) electrons. The van der Waals surface area contributed by atoms with E-state index in [4.69, 9.17) is 25.2 Å². The van der Waals surface area contributed by atoms with Gasteiger partial charge in [-0.15, -0.1) is 0 Å². The molecule has 29 heavy (non-hydrogen) atoms. The fourth-order valence-corrected chi connectivity index (χ4v) is 3.45. The molecule has 0 amide bonds. The van der Waals surface area contributed by atoms with Crippen molar-refractivity contribution in [3.8, 4) is 5.75 Å². The molecule has 0 aromatic heterocycles. The van der Waals surface area contributed by atoms with Crippen molar-refractivity contribution < 1.29 is 39.9 Å². The van der Waals surface area contributed by atoms with E-state index in [9.17, 15) is 14.7 Å². The number of aliphatic hydroxyl groups is 3. The highest BCUT2D eigenvalue weighted by atomic mass is 16.5. The van der Waals surface area contributed by atoms with Crippen molar-refractivity contribution in [1.82, 2.24) is 4.90 Å². The van der Waals surface area contributed by atoms with Crippen molar-refractivity contribution in [3.05, 3.63) is 29.8 Å². The molecular weight excluding hydrogens is 382 g/mol. The molecule has 1 fully saturated rings. The minimum absolute atomic E-state index is 0.295. The molecule has 9 heteroatoms. The molecule has 2 rings (SSSR count). The molecule has 1 aromatic carbocycles. The molecule has 2 unspecified atom stereocenters. The van der Waals surface area contributed by atoms with Crippen LogP contribution < -0.4 is 4.74 Å². The third kappa shape index (κ3) is 6.97. The molecule has 0 aliphatic heterocycles. The maximum atomic E-state index is 11.2. The molecule has 1 aliphatic rings. The summed E-state index contributed by atoms with van der Waals surface area (Å²) in [5.74, 6) is -2.42. The highest BCUT2D eigenvalue weighted by Crippen LogP contribution is 2.42. The lowest BCUT2D eigenvalue weighted by molar-refractivity contribution is -0.165. The zero-order chi connectivity index (χ0) is 22.2. The van der Waals surface area contributed by atoms with Gasteiger partial charge in [0.25, 0.3) is 0 Å². The smallest absolute Gasteiger partial charge is 0.335 e. The van der Waals surface area contributed by atoms with E-state index < -0.39 is 29.7 Å². The Labute approximate surface area is 170 Å². The first-order chi connectivity index (χ1) is 13.5. The number of ether oxygens (including phenoxy) is 1. The monoisotopic (exact) mass is 413 g/mol. The maximum absolute atomic E-state index is 11.2. The summed E-state index contributed by atoms with van der Waals surface area (Å²) < 4.78 is 5.29. The van der Waals surface area contributed by atoms with Crippen LogP contribution in [-0.2, 0) is 15.2 Å². The predicted molar refractivity (Wildman–Crippen MR) is 105 cm³/mol. The lowest BCUT2D eigenvalue weighted by atomic mass is 9.71. The van der Waals surface area contributed by atoms with Gasteiger partial charge < -0.3 is 35.2 Å². The lowest BCUT2D eigenvalue weighted by Crippen LogP contribution is -2.43. The van der Waals surface area contributed by atoms with Gasteiger partial charge in [-0.2, -0.15) is 0 Å². The average Bonchev–Trinajstić information content (AvgIpc) is 2.68. The number of hydrogen-bond acceptors (Lipinski definition) is 7. The van der Waals surface area contributed by atoms with E-state index in [1.807, 2.05) is 24.3 Å². The summed E-state index contributed by atoms with van der Waals surface area (Å²) in [6.07, 6.45) is -0.289. The number of aliphatic carboxylic acids is 2. The van der Waals surface area contributed by atoms with Gasteiger partial charge in [0.15, 0.2) is 12.2 Å². The second-order valence-electron chi connectivity index (χ2n) is 7.43. The topological polar surface area (TPSA) is 148 Å². The number of hydrogen-bond donors (Lipinski definition) is 5. The van der Waals surface area contributed by atoms with E-state index in [1.54, 1.807) is 7.11 Å². The van der Waals surface area contributed by atoms with Crippen LogP contribution in [-0.4, -0.2) is 82.3 Å². The van der Waals surface area contributed by atoms with Gasteiger partial charge in [-0.05, 0) is 44.6 Å². The molecule has 5 N–H and O–H groups in total. The number of rotatable bonds is 7. The predicted octanol–water partition coefficient (Wildman–Crippen LogP) is 0.512. The fourth-order valence-electron chi connectivity index (χ4n) is 3.45. The highest BCUT2D eigenvalue weighted by Gasteiger charge is 2.40. The molecule has 1 aliphatic carbocycles. The van der Waals surface area contributed by atoms with Crippen LogP contribution in [0.2, 0.25) is 0 Å². The van der Waals surface area contributed by atoms with E-state index in [1.165, 1.54) is 6.42 Å². The molecule has 0 spiro atoms. The van der Waals surface area contributed by atoms with E-state index in [0.29, 0.717) is 5.92 Å². The normalized spacial score (nSPS) is 23.5. The van der Waals surface area contributed by atoms with Crippen LogP contribution in [0.15, 0.2) is 24.3 Å². The van der Waals surface area contributed by atoms with Crippen molar-refractivity contribution in [2.24, 2.45) is 5.92 Å². The first kappa shape index (κ1) is 24.8. The summed E-state index contributed by atoms with van der Waals surface area (Å²) in [5.41, 5.74) is 0.287. The first-order valence-electron chi connectivity index (χ1n) is 9.36. The van der Waals surface area contributed by atoms with Gasteiger partial charge in [0.05, 0.1) is 12.7 Å². The summed E-state index contributed by atoms with van der Waals surface area (Å²) in [6.45, 7) is 0.924. The SMILES string of the molecule is COc1cccc([C@@]2(O)CCCC[C@@H]2CN(C)C)c1.O=C(O)C(O)C(O)C(=O)O. The van der Waals surface area contributed by atoms with Gasteiger partial charge in [-0.25, -0.2) is 9.59 Å². The number of carbonyl (C=O) groups is 2. The van der Waals surface area contributed by atoms with Crippen LogP contribution in [0.25, 0.3) is 0 Å². The van der Waals surface area contributed by atoms with Crippen LogP contribution in [0.1, 0.15) is 31.2 Å². The first-order valence-corrected chi connectivity index (χ1v) is 9.36. The Morgan fingerprint density at radius 1 is 1.17 bits per heavy atom. The number of nitrogens with zero attached hydrogens (tertiary/aromatic N) is 1. The quantitative estimate of drug-likeness (QED) is 0.431. The van der Waals surface area contributed by atoms with Crippen LogP contribution in [0.4, 0.5) is 0 Å². The molecule has 164 valence electrons. The maximum Gasteiger partial charge on any atom is 0.335 e. The van der Waals surface area contributed by atoms with Crippen molar-refractivity contribution >= 4 is 11.9 Å². The number of carboxylic acids is 2. The standard InChI is InChI=1S/C16H25NO2.C4H6O6/c1-17(2)12-14-7-4-5-10-16(14,18)13-8-6-9-15(11-13)19-3;5-1(3(7)8)2(6)4(9)10/h6,8-9,11,14,18H,4-5,7,10,12H2,1-3H3;1-2,5-6H,(H,7,8)(H,9,10)/t14-,16+;/m1./s1. The second kappa shape index (κ2) is 11.1. The van der Waals surface area contributed by atoms with Crippen LogP contribution >= 0.6 is 0 Å². The zero-order valence-corrected chi connectivity index (χ0v) is 17.0. The molecular formula is C20H31NO8. The molecule has 0 heterocycles. The minimum atomic E-state index is -2.27. The number of carboxylic acid groups (broad SMARTS) is 2. The Morgan fingerprint density at radius 3 is 2.24 bits per heavy atom. The molecule has 9 nitrogen and oxygen atoms in total. The summed E-state index contributed by atoms with van der Waals surface area (Å²) in [7, 11) is 5.81. The van der Waals surface area contributed by atoms with Crippen LogP contribution in [0, 0.1) is 5.92 Å². The Bertz CT molecular complexity index is 662.